The van der Waals surface area contributed by atoms with Gasteiger partial charge in [0.25, 0.3) is 0 Å². The van der Waals surface area contributed by atoms with E-state index in [1.165, 1.54) is 6.39 Å². The average Bonchev–Trinajstić information content (AvgIpc) is 3.34. The van der Waals surface area contributed by atoms with E-state index in [1.54, 1.807) is 6.20 Å². The Morgan fingerprint density at radius 3 is 3.00 bits per heavy atom. The van der Waals surface area contributed by atoms with E-state index in [0.717, 1.165) is 36.3 Å². The summed E-state index contributed by atoms with van der Waals surface area (Å²) < 4.78 is 10.5. The van der Waals surface area contributed by atoms with Crippen LogP contribution in [-0.2, 0) is 0 Å². The molecule has 134 valence electrons. The van der Waals surface area contributed by atoms with Crippen LogP contribution in [0.15, 0.2) is 51.9 Å². The highest BCUT2D eigenvalue weighted by Gasteiger charge is 2.30. The molecule has 1 aliphatic heterocycles. The first kappa shape index (κ1) is 16.4. The van der Waals surface area contributed by atoms with Gasteiger partial charge in [-0.15, -0.1) is 0 Å². The molecule has 7 nitrogen and oxygen atoms in total. The number of rotatable bonds is 3. The van der Waals surface area contributed by atoms with Crippen molar-refractivity contribution >= 4 is 11.7 Å². The first-order valence-electron chi connectivity index (χ1n) is 8.70. The Morgan fingerprint density at radius 2 is 2.23 bits per heavy atom. The van der Waals surface area contributed by atoms with Crippen LogP contribution in [0.2, 0.25) is 0 Å². The van der Waals surface area contributed by atoms with Crippen LogP contribution < -0.4 is 5.32 Å². The predicted molar refractivity (Wildman–Crippen MR) is 95.5 cm³/mol. The third kappa shape index (κ3) is 3.33. The lowest BCUT2D eigenvalue weighted by molar-refractivity contribution is 0.159. The summed E-state index contributed by atoms with van der Waals surface area (Å²) in [7, 11) is 0. The van der Waals surface area contributed by atoms with E-state index in [1.807, 2.05) is 42.2 Å². The van der Waals surface area contributed by atoms with E-state index in [2.05, 4.69) is 15.5 Å². The van der Waals surface area contributed by atoms with Crippen LogP contribution in [0.5, 0.6) is 0 Å². The summed E-state index contributed by atoms with van der Waals surface area (Å²) in [5, 5.41) is 7.10. The number of amides is 2. The van der Waals surface area contributed by atoms with Gasteiger partial charge in [0.1, 0.15) is 11.5 Å². The summed E-state index contributed by atoms with van der Waals surface area (Å²) in [4.78, 5) is 18.6. The number of carbonyl (C=O) groups is 1. The smallest absolute Gasteiger partial charge is 0.322 e. The fourth-order valence-electron chi connectivity index (χ4n) is 3.33. The largest absolute Gasteiger partial charge is 0.444 e. The maximum absolute atomic E-state index is 12.9. The van der Waals surface area contributed by atoms with Gasteiger partial charge in [-0.3, -0.25) is 0 Å². The van der Waals surface area contributed by atoms with Crippen molar-refractivity contribution in [2.45, 2.75) is 32.2 Å². The predicted octanol–water partition coefficient (Wildman–Crippen LogP) is 4.40. The molecule has 1 saturated heterocycles. The van der Waals surface area contributed by atoms with Gasteiger partial charge in [-0.1, -0.05) is 17.3 Å². The average molecular weight is 352 g/mol. The first-order valence-corrected chi connectivity index (χ1v) is 8.70. The summed E-state index contributed by atoms with van der Waals surface area (Å²) in [5.41, 5.74) is 2.39. The minimum atomic E-state index is -0.134. The molecule has 0 saturated carbocycles. The topological polar surface area (TPSA) is 84.4 Å². The molecular weight excluding hydrogens is 332 g/mol. The number of benzene rings is 1. The highest BCUT2D eigenvalue weighted by Crippen LogP contribution is 2.31. The zero-order valence-electron chi connectivity index (χ0n) is 14.5. The van der Waals surface area contributed by atoms with Crippen LogP contribution in [0, 0.1) is 6.92 Å². The number of aryl methyl sites for hydroxylation is 1. The van der Waals surface area contributed by atoms with E-state index >= 15 is 0 Å². The minimum Gasteiger partial charge on any atom is -0.444 e. The number of anilines is 1. The molecule has 0 unspecified atom stereocenters. The standard InChI is InChI=1S/C19H20N4O3/c1-13-9-16(22-26-13)17-7-2-3-8-23(17)19(24)21-15-6-4-5-14(10-15)18-11-20-12-25-18/h4-6,9-12,17H,2-3,7-8H2,1H3,(H,21,24)/t17-/m0/s1. The van der Waals surface area contributed by atoms with Crippen LogP contribution in [0.1, 0.15) is 36.8 Å². The van der Waals surface area contributed by atoms with Crippen molar-refractivity contribution in [1.82, 2.24) is 15.0 Å². The van der Waals surface area contributed by atoms with Crippen LogP contribution in [0.25, 0.3) is 11.3 Å². The van der Waals surface area contributed by atoms with Gasteiger partial charge in [0.2, 0.25) is 0 Å². The fraction of sp³-hybridized carbons (Fsp3) is 0.316. The Bertz CT molecular complexity index is 888. The van der Waals surface area contributed by atoms with Gasteiger partial charge in [-0.05, 0) is 38.3 Å². The normalized spacial score (nSPS) is 17.3. The zero-order valence-corrected chi connectivity index (χ0v) is 14.5. The molecule has 3 heterocycles. The van der Waals surface area contributed by atoms with Crippen LogP contribution >= 0.6 is 0 Å². The second-order valence-corrected chi connectivity index (χ2v) is 6.44. The lowest BCUT2D eigenvalue weighted by atomic mass is 9.99. The molecule has 7 heteroatoms. The molecule has 1 aliphatic rings. The first-order chi connectivity index (χ1) is 12.7. The van der Waals surface area contributed by atoms with Crippen LogP contribution in [0.4, 0.5) is 10.5 Å². The molecule has 1 atom stereocenters. The van der Waals surface area contributed by atoms with Crippen LogP contribution in [-0.4, -0.2) is 27.6 Å². The summed E-state index contributed by atoms with van der Waals surface area (Å²) in [6.45, 7) is 2.56. The summed E-state index contributed by atoms with van der Waals surface area (Å²) in [5.74, 6) is 1.42. The van der Waals surface area contributed by atoms with Crippen molar-refractivity contribution in [1.29, 1.82) is 0 Å². The SMILES string of the molecule is Cc1cc([C@@H]2CCCCN2C(=O)Nc2cccc(-c3cnco3)c2)no1. The third-order valence-electron chi connectivity index (χ3n) is 4.58. The van der Waals surface area contributed by atoms with E-state index in [4.69, 9.17) is 8.94 Å². The van der Waals surface area contributed by atoms with Gasteiger partial charge in [-0.25, -0.2) is 9.78 Å². The molecule has 0 aliphatic carbocycles. The Kier molecular flexibility index (Phi) is 4.43. The summed E-state index contributed by atoms with van der Waals surface area (Å²) in [6, 6.07) is 9.24. The summed E-state index contributed by atoms with van der Waals surface area (Å²) >= 11 is 0. The highest BCUT2D eigenvalue weighted by molar-refractivity contribution is 5.90. The quantitative estimate of drug-likeness (QED) is 0.755. The zero-order chi connectivity index (χ0) is 17.9. The van der Waals surface area contributed by atoms with E-state index in [-0.39, 0.29) is 12.1 Å². The third-order valence-corrected chi connectivity index (χ3v) is 4.58. The minimum absolute atomic E-state index is 0.0568. The number of aromatic nitrogens is 2. The highest BCUT2D eigenvalue weighted by atomic mass is 16.5. The molecule has 0 spiro atoms. The van der Waals surface area contributed by atoms with Crippen molar-refractivity contribution in [2.24, 2.45) is 0 Å². The molecule has 1 N–H and O–H groups in total. The van der Waals surface area contributed by atoms with Crippen LogP contribution in [0.3, 0.4) is 0 Å². The van der Waals surface area contributed by atoms with Gasteiger partial charge in [0.05, 0.1) is 12.2 Å². The number of likely N-dealkylation sites (tertiary alicyclic amines) is 1. The number of piperidine rings is 1. The molecule has 2 amide bonds. The number of hydrogen-bond acceptors (Lipinski definition) is 5. The van der Waals surface area contributed by atoms with Crippen molar-refractivity contribution in [2.75, 3.05) is 11.9 Å². The number of carbonyl (C=O) groups excluding carboxylic acids is 1. The van der Waals surface area contributed by atoms with E-state index in [0.29, 0.717) is 18.0 Å². The molecule has 0 bridgehead atoms. The molecule has 4 rings (SSSR count). The Labute approximate surface area is 151 Å². The molecular formula is C19H20N4O3. The lowest BCUT2D eigenvalue weighted by Gasteiger charge is -2.34. The lowest BCUT2D eigenvalue weighted by Crippen LogP contribution is -2.41. The maximum Gasteiger partial charge on any atom is 0.322 e. The van der Waals surface area contributed by atoms with E-state index in [9.17, 15) is 4.79 Å². The number of nitrogens with zero attached hydrogens (tertiary/aromatic N) is 3. The molecule has 3 aromatic rings. The molecule has 1 aromatic carbocycles. The molecule has 1 fully saturated rings. The number of hydrogen-bond donors (Lipinski definition) is 1. The summed E-state index contributed by atoms with van der Waals surface area (Å²) in [6.07, 6.45) is 5.98. The second-order valence-electron chi connectivity index (χ2n) is 6.44. The molecule has 0 radical (unpaired) electrons. The Morgan fingerprint density at radius 1 is 1.31 bits per heavy atom. The van der Waals surface area contributed by atoms with Gasteiger partial charge < -0.3 is 19.2 Å². The second kappa shape index (κ2) is 7.03. The van der Waals surface area contributed by atoms with Crippen molar-refractivity contribution < 1.29 is 13.7 Å². The maximum atomic E-state index is 12.9. The Balaban J connectivity index is 1.52. The van der Waals surface area contributed by atoms with Gasteiger partial charge in [0, 0.05) is 23.9 Å². The van der Waals surface area contributed by atoms with Crippen molar-refractivity contribution in [3.05, 3.63) is 54.4 Å². The van der Waals surface area contributed by atoms with Gasteiger partial charge in [-0.2, -0.15) is 0 Å². The monoisotopic (exact) mass is 352 g/mol. The fourth-order valence-corrected chi connectivity index (χ4v) is 3.33. The Hall–Kier alpha value is -3.09. The van der Waals surface area contributed by atoms with E-state index < -0.39 is 0 Å². The van der Waals surface area contributed by atoms with Gasteiger partial charge in [0.15, 0.2) is 12.2 Å². The number of oxazole rings is 1. The molecule has 2 aromatic heterocycles. The van der Waals surface area contributed by atoms with Gasteiger partial charge >= 0.3 is 6.03 Å². The number of nitrogens with one attached hydrogen (secondary N) is 1. The number of urea groups is 1. The van der Waals surface area contributed by atoms with Crippen molar-refractivity contribution in [3.8, 4) is 11.3 Å². The molecule has 26 heavy (non-hydrogen) atoms. The van der Waals surface area contributed by atoms with Crippen molar-refractivity contribution in [3.63, 3.8) is 0 Å².